The van der Waals surface area contributed by atoms with Crippen molar-refractivity contribution in [3.05, 3.63) is 99.5 Å². The van der Waals surface area contributed by atoms with Gasteiger partial charge in [0.2, 0.25) is 11.8 Å². The van der Waals surface area contributed by atoms with Crippen LogP contribution in [0.1, 0.15) is 79.1 Å². The van der Waals surface area contributed by atoms with Gasteiger partial charge in [-0.3, -0.25) is 4.79 Å². The molecule has 1 aliphatic carbocycles. The van der Waals surface area contributed by atoms with Crippen molar-refractivity contribution in [2.45, 2.75) is 64.7 Å². The maximum absolute atomic E-state index is 13.2. The van der Waals surface area contributed by atoms with Gasteiger partial charge in [-0.1, -0.05) is 51.4 Å². The molecule has 0 bridgehead atoms. The van der Waals surface area contributed by atoms with Crippen LogP contribution in [0.5, 0.6) is 17.5 Å². The molecule has 6 nitrogen and oxygen atoms in total. The number of rotatable bonds is 7. The molecule has 2 aromatic carbocycles. The lowest BCUT2D eigenvalue weighted by Gasteiger charge is -2.42. The third-order valence-corrected chi connectivity index (χ3v) is 8.13. The predicted molar refractivity (Wildman–Crippen MR) is 158 cm³/mol. The number of amides is 1. The van der Waals surface area contributed by atoms with Gasteiger partial charge in [-0.25, -0.2) is 0 Å². The zero-order valence-corrected chi connectivity index (χ0v) is 24.6. The number of benzene rings is 2. The van der Waals surface area contributed by atoms with Crippen molar-refractivity contribution in [3.8, 4) is 17.5 Å². The van der Waals surface area contributed by atoms with Gasteiger partial charge in [-0.15, -0.1) is 0 Å². The standard InChI is InChI=1S/C33H35ClN2O4/c1-20-17-25-26(33(4,5)16-15-32(25,2)3)19-21(20)18-24-11-13-28(39-24)30(37)35-27-12-14-29(38-6)36-31(27)40-23-9-7-22(34)8-10-23/h7-14,17,19H,15-16,18H2,1-6H3,(H,35,37). The number of hydrogen-bond acceptors (Lipinski definition) is 5. The molecule has 5 rings (SSSR count). The van der Waals surface area contributed by atoms with Gasteiger partial charge in [0.05, 0.1) is 7.11 Å². The number of ether oxygens (including phenoxy) is 2. The molecular formula is C33H35ClN2O4. The van der Waals surface area contributed by atoms with Crippen molar-refractivity contribution < 1.29 is 18.7 Å². The summed E-state index contributed by atoms with van der Waals surface area (Å²) in [5.74, 6) is 1.61. The monoisotopic (exact) mass is 558 g/mol. The first-order valence-electron chi connectivity index (χ1n) is 13.5. The molecule has 2 aromatic heterocycles. The maximum atomic E-state index is 13.2. The number of aryl methyl sites for hydroxylation is 1. The molecule has 0 aliphatic heterocycles. The number of halogens is 1. The molecule has 2 heterocycles. The van der Waals surface area contributed by atoms with E-state index in [4.69, 9.17) is 25.5 Å². The number of pyridine rings is 1. The lowest BCUT2D eigenvalue weighted by Crippen LogP contribution is -2.34. The van der Waals surface area contributed by atoms with E-state index in [9.17, 15) is 4.79 Å². The molecule has 1 amide bonds. The Kier molecular flexibility index (Phi) is 7.40. The largest absolute Gasteiger partial charge is 0.481 e. The number of nitrogens with one attached hydrogen (secondary N) is 1. The van der Waals surface area contributed by atoms with E-state index >= 15 is 0 Å². The summed E-state index contributed by atoms with van der Waals surface area (Å²) >= 11 is 5.99. The average molecular weight is 559 g/mol. The van der Waals surface area contributed by atoms with E-state index in [0.717, 1.165) is 12.2 Å². The third kappa shape index (κ3) is 5.73. The number of carbonyl (C=O) groups excluding carboxylic acids is 1. The number of methoxy groups -OCH3 is 1. The number of fused-ring (bicyclic) bond motifs is 1. The topological polar surface area (TPSA) is 73.6 Å². The summed E-state index contributed by atoms with van der Waals surface area (Å²) < 4.78 is 17.2. The van der Waals surface area contributed by atoms with E-state index in [1.165, 1.54) is 35.8 Å². The van der Waals surface area contributed by atoms with E-state index in [-0.39, 0.29) is 22.5 Å². The van der Waals surface area contributed by atoms with Gasteiger partial charge < -0.3 is 19.2 Å². The second-order valence-electron chi connectivity index (χ2n) is 11.8. The fourth-order valence-electron chi connectivity index (χ4n) is 5.25. The Morgan fingerprint density at radius 2 is 1.65 bits per heavy atom. The molecule has 7 heteroatoms. The smallest absolute Gasteiger partial charge is 0.291 e. The molecular weight excluding hydrogens is 524 g/mol. The summed E-state index contributed by atoms with van der Waals surface area (Å²) in [6.45, 7) is 11.5. The second kappa shape index (κ2) is 10.7. The van der Waals surface area contributed by atoms with E-state index in [2.05, 4.69) is 57.1 Å². The Hall–Kier alpha value is -3.77. The summed E-state index contributed by atoms with van der Waals surface area (Å²) in [5.41, 5.74) is 5.97. The van der Waals surface area contributed by atoms with E-state index < -0.39 is 5.91 Å². The Morgan fingerprint density at radius 1 is 0.975 bits per heavy atom. The van der Waals surface area contributed by atoms with Gasteiger partial charge in [0, 0.05) is 17.5 Å². The molecule has 208 valence electrons. The normalized spacial score (nSPS) is 15.3. The minimum atomic E-state index is -0.399. The fraction of sp³-hybridized carbons (Fsp3) is 0.333. The molecule has 4 aromatic rings. The highest BCUT2D eigenvalue weighted by atomic mass is 35.5. The van der Waals surface area contributed by atoms with Crippen molar-refractivity contribution in [2.75, 3.05) is 12.4 Å². The highest BCUT2D eigenvalue weighted by molar-refractivity contribution is 6.30. The zero-order valence-electron chi connectivity index (χ0n) is 23.9. The van der Waals surface area contributed by atoms with Crippen LogP contribution in [0.3, 0.4) is 0 Å². The second-order valence-corrected chi connectivity index (χ2v) is 12.2. The molecule has 0 atom stereocenters. The van der Waals surface area contributed by atoms with Crippen molar-refractivity contribution in [1.29, 1.82) is 0 Å². The zero-order chi connectivity index (χ0) is 28.7. The van der Waals surface area contributed by atoms with Gasteiger partial charge in [-0.05, 0) is 95.3 Å². The lowest BCUT2D eigenvalue weighted by molar-refractivity contribution is 0.0994. The Morgan fingerprint density at radius 3 is 2.33 bits per heavy atom. The van der Waals surface area contributed by atoms with Crippen LogP contribution in [0.4, 0.5) is 5.69 Å². The van der Waals surface area contributed by atoms with Crippen molar-refractivity contribution in [1.82, 2.24) is 4.98 Å². The Bertz CT molecular complexity index is 1550. The number of carbonyl (C=O) groups is 1. The summed E-state index contributed by atoms with van der Waals surface area (Å²) in [7, 11) is 1.52. The Balaban J connectivity index is 1.35. The number of aromatic nitrogens is 1. The van der Waals surface area contributed by atoms with Gasteiger partial charge in [-0.2, -0.15) is 4.98 Å². The molecule has 0 saturated heterocycles. The van der Waals surface area contributed by atoms with Crippen LogP contribution in [0, 0.1) is 6.92 Å². The van der Waals surface area contributed by atoms with Gasteiger partial charge >= 0.3 is 0 Å². The first-order chi connectivity index (χ1) is 18.9. The number of nitrogens with zero attached hydrogens (tertiary/aromatic N) is 1. The quantitative estimate of drug-likeness (QED) is 0.246. The number of anilines is 1. The van der Waals surface area contributed by atoms with Gasteiger partial charge in [0.25, 0.3) is 5.91 Å². The van der Waals surface area contributed by atoms with Crippen LogP contribution in [0.2, 0.25) is 5.02 Å². The summed E-state index contributed by atoms with van der Waals surface area (Å²) in [6.07, 6.45) is 2.95. The molecule has 1 N–H and O–H groups in total. The van der Waals surface area contributed by atoms with Crippen LogP contribution in [-0.4, -0.2) is 18.0 Å². The molecule has 0 unspecified atom stereocenters. The molecule has 0 saturated carbocycles. The highest BCUT2D eigenvalue weighted by Gasteiger charge is 2.37. The lowest BCUT2D eigenvalue weighted by atomic mass is 9.62. The van der Waals surface area contributed by atoms with Crippen LogP contribution < -0.4 is 14.8 Å². The minimum absolute atomic E-state index is 0.125. The van der Waals surface area contributed by atoms with E-state index in [1.54, 1.807) is 42.5 Å². The molecule has 1 aliphatic rings. The molecule has 0 spiro atoms. The first kappa shape index (κ1) is 27.8. The SMILES string of the molecule is COc1ccc(NC(=O)c2ccc(Cc3cc4c(cc3C)C(C)(C)CCC4(C)C)o2)c(Oc2ccc(Cl)cc2)n1. The minimum Gasteiger partial charge on any atom is -0.481 e. The fourth-order valence-corrected chi connectivity index (χ4v) is 5.37. The van der Waals surface area contributed by atoms with Crippen molar-refractivity contribution >= 4 is 23.2 Å². The van der Waals surface area contributed by atoms with Gasteiger partial charge in [0.15, 0.2) is 5.76 Å². The van der Waals surface area contributed by atoms with Gasteiger partial charge in [0.1, 0.15) is 17.2 Å². The van der Waals surface area contributed by atoms with Crippen LogP contribution >= 0.6 is 11.6 Å². The van der Waals surface area contributed by atoms with Crippen LogP contribution in [-0.2, 0) is 17.3 Å². The van der Waals surface area contributed by atoms with Crippen LogP contribution in [0.25, 0.3) is 0 Å². The van der Waals surface area contributed by atoms with E-state index in [1.807, 2.05) is 6.07 Å². The van der Waals surface area contributed by atoms with E-state index in [0.29, 0.717) is 28.8 Å². The summed E-state index contributed by atoms with van der Waals surface area (Å²) in [6, 6.07) is 18.5. The van der Waals surface area contributed by atoms with Crippen LogP contribution in [0.15, 0.2) is 65.1 Å². The van der Waals surface area contributed by atoms with Crippen molar-refractivity contribution in [2.24, 2.45) is 0 Å². The summed E-state index contributed by atoms with van der Waals surface area (Å²) in [5, 5.41) is 3.45. The maximum Gasteiger partial charge on any atom is 0.291 e. The third-order valence-electron chi connectivity index (χ3n) is 7.88. The number of furan rings is 1. The average Bonchev–Trinajstić information content (AvgIpc) is 3.39. The first-order valence-corrected chi connectivity index (χ1v) is 13.9. The summed E-state index contributed by atoms with van der Waals surface area (Å²) in [4.78, 5) is 17.5. The molecule has 0 fully saturated rings. The molecule has 0 radical (unpaired) electrons. The molecule has 40 heavy (non-hydrogen) atoms. The predicted octanol–water partition coefficient (Wildman–Crippen LogP) is 8.63. The number of hydrogen-bond donors (Lipinski definition) is 1. The van der Waals surface area contributed by atoms with Crippen molar-refractivity contribution in [3.63, 3.8) is 0 Å². The Labute approximate surface area is 240 Å². The highest BCUT2D eigenvalue weighted by Crippen LogP contribution is 2.46.